The summed E-state index contributed by atoms with van der Waals surface area (Å²) in [4.78, 5) is 24.6. The lowest BCUT2D eigenvalue weighted by Gasteiger charge is -2.12. The summed E-state index contributed by atoms with van der Waals surface area (Å²) < 4.78 is 38.5. The van der Waals surface area contributed by atoms with Crippen molar-refractivity contribution in [1.82, 2.24) is 10.2 Å². The highest BCUT2D eigenvalue weighted by atomic mass is 32.2. The molecule has 0 aliphatic rings. The third kappa shape index (κ3) is 5.70. The fourth-order valence-electron chi connectivity index (χ4n) is 2.30. The Bertz CT molecular complexity index is 1050. The number of hydrogen-bond donors (Lipinski definition) is 3. The molecule has 0 radical (unpaired) electrons. The quantitative estimate of drug-likeness (QED) is 0.485. The number of benzene rings is 2. The molecule has 2 aromatic carbocycles. The summed E-state index contributed by atoms with van der Waals surface area (Å²) in [6, 6.07) is 10.3. The number of halogens is 3. The van der Waals surface area contributed by atoms with Crippen molar-refractivity contribution >= 4 is 51.4 Å². The number of nitrogens with one attached hydrogen (secondary N) is 2. The third-order valence-corrected chi connectivity index (χ3v) is 5.56. The van der Waals surface area contributed by atoms with Gasteiger partial charge >= 0.3 is 6.18 Å². The van der Waals surface area contributed by atoms with Gasteiger partial charge in [-0.15, -0.1) is 10.2 Å². The number of nitrogens with zero attached hydrogens (tertiary/aromatic N) is 2. The van der Waals surface area contributed by atoms with Crippen molar-refractivity contribution < 1.29 is 22.8 Å². The molecule has 0 unspecified atom stereocenters. The topological polar surface area (TPSA) is 110 Å². The highest BCUT2D eigenvalue weighted by Crippen LogP contribution is 2.29. The Hall–Kier alpha value is -3.12. The molecule has 12 heteroatoms. The van der Waals surface area contributed by atoms with E-state index in [0.29, 0.717) is 20.8 Å². The van der Waals surface area contributed by atoms with Crippen molar-refractivity contribution in [3.8, 4) is 0 Å². The molecule has 2 amide bonds. The van der Waals surface area contributed by atoms with Gasteiger partial charge < -0.3 is 16.4 Å². The molecular weight excluding hydrogens is 439 g/mol. The van der Waals surface area contributed by atoms with E-state index in [2.05, 4.69) is 20.8 Å². The van der Waals surface area contributed by atoms with E-state index in [1.165, 1.54) is 0 Å². The van der Waals surface area contributed by atoms with Gasteiger partial charge in [0.25, 0.3) is 5.91 Å². The number of alkyl halides is 3. The van der Waals surface area contributed by atoms with Crippen molar-refractivity contribution in [2.45, 2.75) is 10.5 Å². The molecule has 0 atom stereocenters. The number of carbonyl (C=O) groups excluding carboxylic acids is 2. The standard InChI is InChI=1S/C18H14F3N5O2S2/c19-18(20,21)11-7-5-10(6-8-11)15(28)24-13-4-2-1-3-12(13)23-14(27)9-29-17-26-25-16(22)30-17/h1-8H,9H2,(H2,22,25)(H,23,27)(H,24,28). The average molecular weight is 453 g/mol. The Morgan fingerprint density at radius 1 is 1.00 bits per heavy atom. The zero-order chi connectivity index (χ0) is 21.7. The second-order valence-corrected chi connectivity index (χ2v) is 8.05. The van der Waals surface area contributed by atoms with Crippen LogP contribution in [0.1, 0.15) is 15.9 Å². The van der Waals surface area contributed by atoms with Crippen LogP contribution in [0.15, 0.2) is 52.9 Å². The number of anilines is 3. The fourth-order valence-corrected chi connectivity index (χ4v) is 3.73. The molecule has 0 saturated carbocycles. The molecule has 3 rings (SSSR count). The van der Waals surface area contributed by atoms with Gasteiger partial charge in [-0.25, -0.2) is 0 Å². The van der Waals surface area contributed by atoms with E-state index in [0.717, 1.165) is 47.4 Å². The van der Waals surface area contributed by atoms with Crippen molar-refractivity contribution in [1.29, 1.82) is 0 Å². The third-order valence-electron chi connectivity index (χ3n) is 3.67. The minimum atomic E-state index is -4.48. The summed E-state index contributed by atoms with van der Waals surface area (Å²) in [6.07, 6.45) is -4.48. The van der Waals surface area contributed by atoms with Gasteiger partial charge in [0.05, 0.1) is 22.7 Å². The summed E-state index contributed by atoms with van der Waals surface area (Å²) in [5.74, 6) is -0.898. The molecule has 3 aromatic rings. The number of para-hydroxylation sites is 2. The molecule has 30 heavy (non-hydrogen) atoms. The Balaban J connectivity index is 1.64. The second-order valence-electron chi connectivity index (χ2n) is 5.82. The maximum Gasteiger partial charge on any atom is 0.416 e. The van der Waals surface area contributed by atoms with Crippen LogP contribution in [-0.2, 0) is 11.0 Å². The van der Waals surface area contributed by atoms with E-state index in [1.54, 1.807) is 24.3 Å². The van der Waals surface area contributed by atoms with Crippen molar-refractivity contribution in [2.24, 2.45) is 0 Å². The van der Waals surface area contributed by atoms with Crippen LogP contribution in [0, 0.1) is 0 Å². The van der Waals surface area contributed by atoms with Gasteiger partial charge in [0.1, 0.15) is 0 Å². The maximum atomic E-state index is 12.7. The van der Waals surface area contributed by atoms with E-state index in [9.17, 15) is 22.8 Å². The summed E-state index contributed by atoms with van der Waals surface area (Å²) >= 11 is 2.32. The number of hydrogen-bond acceptors (Lipinski definition) is 7. The second kappa shape index (κ2) is 9.13. The molecule has 0 fully saturated rings. The van der Waals surface area contributed by atoms with Gasteiger partial charge in [-0.3, -0.25) is 9.59 Å². The van der Waals surface area contributed by atoms with Gasteiger partial charge in [0, 0.05) is 5.56 Å². The molecule has 0 spiro atoms. The largest absolute Gasteiger partial charge is 0.416 e. The Kier molecular flexibility index (Phi) is 6.57. The molecule has 4 N–H and O–H groups in total. The number of nitrogen functional groups attached to an aromatic ring is 1. The lowest BCUT2D eigenvalue weighted by atomic mass is 10.1. The normalized spacial score (nSPS) is 11.2. The van der Waals surface area contributed by atoms with Crippen LogP contribution in [0.5, 0.6) is 0 Å². The predicted molar refractivity (Wildman–Crippen MR) is 110 cm³/mol. The van der Waals surface area contributed by atoms with Crippen molar-refractivity contribution in [3.63, 3.8) is 0 Å². The molecule has 156 valence electrons. The molecule has 0 aliphatic carbocycles. The molecular formula is C18H14F3N5O2S2. The van der Waals surface area contributed by atoms with Crippen molar-refractivity contribution in [2.75, 3.05) is 22.1 Å². The van der Waals surface area contributed by atoms with Gasteiger partial charge in [0.2, 0.25) is 11.0 Å². The van der Waals surface area contributed by atoms with Crippen LogP contribution in [0.2, 0.25) is 0 Å². The van der Waals surface area contributed by atoms with Gasteiger partial charge in [-0.1, -0.05) is 35.2 Å². The number of amides is 2. The maximum absolute atomic E-state index is 12.7. The molecule has 1 heterocycles. The van der Waals surface area contributed by atoms with Crippen LogP contribution >= 0.6 is 23.1 Å². The van der Waals surface area contributed by atoms with E-state index in [-0.39, 0.29) is 17.2 Å². The first-order chi connectivity index (χ1) is 14.2. The Morgan fingerprint density at radius 2 is 1.63 bits per heavy atom. The predicted octanol–water partition coefficient (Wildman–Crippen LogP) is 4.12. The summed E-state index contributed by atoms with van der Waals surface area (Å²) in [6.45, 7) is 0. The lowest BCUT2D eigenvalue weighted by molar-refractivity contribution is -0.137. The number of nitrogens with two attached hydrogens (primary N) is 1. The van der Waals surface area contributed by atoms with Crippen LogP contribution in [0.4, 0.5) is 29.7 Å². The Labute approximate surface area is 176 Å². The fraction of sp³-hybridized carbons (Fsp3) is 0.111. The number of aromatic nitrogens is 2. The van der Waals surface area contributed by atoms with E-state index in [4.69, 9.17) is 5.73 Å². The highest BCUT2D eigenvalue weighted by Gasteiger charge is 2.30. The highest BCUT2D eigenvalue weighted by molar-refractivity contribution is 8.01. The monoisotopic (exact) mass is 453 g/mol. The Morgan fingerprint density at radius 3 is 2.20 bits per heavy atom. The molecule has 0 saturated heterocycles. The zero-order valence-electron chi connectivity index (χ0n) is 15.1. The smallest absolute Gasteiger partial charge is 0.374 e. The molecule has 7 nitrogen and oxygen atoms in total. The zero-order valence-corrected chi connectivity index (χ0v) is 16.7. The summed E-state index contributed by atoms with van der Waals surface area (Å²) in [5, 5.41) is 13.0. The van der Waals surface area contributed by atoms with Gasteiger partial charge in [-0.05, 0) is 36.4 Å². The summed E-state index contributed by atoms with van der Waals surface area (Å²) in [5.41, 5.74) is 5.34. The van der Waals surface area contributed by atoms with Crippen LogP contribution in [-0.4, -0.2) is 27.8 Å². The SMILES string of the molecule is Nc1nnc(SCC(=O)Nc2ccccc2NC(=O)c2ccc(C(F)(F)F)cc2)s1. The van der Waals surface area contributed by atoms with E-state index >= 15 is 0 Å². The summed E-state index contributed by atoms with van der Waals surface area (Å²) in [7, 11) is 0. The van der Waals surface area contributed by atoms with Crippen LogP contribution in [0.25, 0.3) is 0 Å². The molecule has 1 aromatic heterocycles. The minimum Gasteiger partial charge on any atom is -0.374 e. The first-order valence-corrected chi connectivity index (χ1v) is 10.1. The minimum absolute atomic E-state index is 0.0496. The van der Waals surface area contributed by atoms with E-state index < -0.39 is 17.6 Å². The van der Waals surface area contributed by atoms with Gasteiger partial charge in [-0.2, -0.15) is 13.2 Å². The number of rotatable bonds is 6. The lowest BCUT2D eigenvalue weighted by Crippen LogP contribution is -2.18. The first kappa shape index (κ1) is 21.6. The first-order valence-electron chi connectivity index (χ1n) is 8.31. The molecule has 0 bridgehead atoms. The van der Waals surface area contributed by atoms with E-state index in [1.807, 2.05) is 0 Å². The average Bonchev–Trinajstić information content (AvgIpc) is 3.12. The number of carbonyl (C=O) groups is 2. The van der Waals surface area contributed by atoms with Crippen LogP contribution < -0.4 is 16.4 Å². The van der Waals surface area contributed by atoms with Gasteiger partial charge in [0.15, 0.2) is 4.34 Å². The van der Waals surface area contributed by atoms with Crippen LogP contribution in [0.3, 0.4) is 0 Å². The molecule has 0 aliphatic heterocycles. The number of thioether (sulfide) groups is 1. The van der Waals surface area contributed by atoms with Crippen molar-refractivity contribution in [3.05, 3.63) is 59.7 Å².